The van der Waals surface area contributed by atoms with E-state index in [1.165, 1.54) is 37.2 Å². The SMILES string of the molecule is CCc1cc(Nc2ncc(Br)c(Nc3ccc(-c4cn(C)c5cccnc45)cc3[P+](C)(C)O)n2)c(OC)cc1N1CCC(N2CCN(C)CC2)CC1. The van der Waals surface area contributed by atoms with Crippen molar-refractivity contribution in [2.45, 2.75) is 32.2 Å². The standard InChI is InChI=1S/C39H50BrN9O2P/c1-7-26-21-32(35(51-4)23-34(26)49-15-12-28(13-16-49)48-19-17-46(2)18-20-48)44-39-42-24-30(40)38(45-39)43-31-11-10-27(22-36(31)52(5,6)50)29-25-47(3)33-9-8-14-41-37(29)33/h8-11,14,21-25,28,50H,7,12-13,15-20H2,1-6H3,(H2,42,43,44,45)/q+1. The van der Waals surface area contributed by atoms with Crippen molar-refractivity contribution in [3.8, 4) is 16.9 Å². The molecule has 0 radical (unpaired) electrons. The van der Waals surface area contributed by atoms with Crippen molar-refractivity contribution < 1.29 is 9.63 Å². The Kier molecular flexibility index (Phi) is 10.7. The summed E-state index contributed by atoms with van der Waals surface area (Å²) in [5.41, 5.74) is 8.12. The summed E-state index contributed by atoms with van der Waals surface area (Å²) in [5, 5.41) is 7.78. The molecule has 0 atom stereocenters. The third-order valence-corrected chi connectivity index (χ3v) is 12.7. The number of aromatic nitrogens is 4. The first-order valence-corrected chi connectivity index (χ1v) is 21.5. The van der Waals surface area contributed by atoms with Crippen molar-refractivity contribution in [3.63, 3.8) is 0 Å². The molecule has 3 aromatic heterocycles. The van der Waals surface area contributed by atoms with Crippen molar-refractivity contribution >= 4 is 68.6 Å². The minimum absolute atomic E-state index is 0.435. The number of ether oxygens (including phenoxy) is 1. The molecule has 2 aliphatic rings. The highest BCUT2D eigenvalue weighted by Gasteiger charge is 2.31. The van der Waals surface area contributed by atoms with Gasteiger partial charge in [-0.25, -0.2) is 9.88 Å². The minimum atomic E-state index is -2.46. The summed E-state index contributed by atoms with van der Waals surface area (Å²) in [6, 6.07) is 15.2. The van der Waals surface area contributed by atoms with Gasteiger partial charge >= 0.3 is 0 Å². The second-order valence-corrected chi connectivity index (χ2v) is 18.5. The van der Waals surface area contributed by atoms with Crippen LogP contribution in [0, 0.1) is 0 Å². The van der Waals surface area contributed by atoms with E-state index in [1.54, 1.807) is 13.3 Å². The van der Waals surface area contributed by atoms with Crippen LogP contribution in [-0.2, 0) is 13.5 Å². The van der Waals surface area contributed by atoms with Gasteiger partial charge in [0.25, 0.3) is 0 Å². The lowest BCUT2D eigenvalue weighted by Crippen LogP contribution is -2.52. The Labute approximate surface area is 316 Å². The first kappa shape index (κ1) is 36.6. The van der Waals surface area contributed by atoms with Gasteiger partial charge in [0.15, 0.2) is 13.3 Å². The lowest BCUT2D eigenvalue weighted by atomic mass is 9.99. The summed E-state index contributed by atoms with van der Waals surface area (Å²) < 4.78 is 8.73. The van der Waals surface area contributed by atoms with Crippen LogP contribution in [-0.4, -0.2) is 107 Å². The molecule has 0 aliphatic carbocycles. The molecule has 2 fully saturated rings. The molecule has 5 heterocycles. The van der Waals surface area contributed by atoms with Gasteiger partial charge in [-0.05, 0) is 83.7 Å². The van der Waals surface area contributed by atoms with Crippen molar-refractivity contribution in [2.24, 2.45) is 7.05 Å². The number of piperazine rings is 1. The van der Waals surface area contributed by atoms with E-state index >= 15 is 0 Å². The van der Waals surface area contributed by atoms with Crippen molar-refractivity contribution in [1.82, 2.24) is 29.3 Å². The number of methoxy groups -OCH3 is 1. The number of rotatable bonds is 10. The van der Waals surface area contributed by atoms with Crippen LogP contribution in [0.2, 0.25) is 0 Å². The highest BCUT2D eigenvalue weighted by atomic mass is 79.9. The summed E-state index contributed by atoms with van der Waals surface area (Å²) in [5.74, 6) is 1.77. The molecule has 5 aromatic rings. The van der Waals surface area contributed by atoms with E-state index in [0.717, 1.165) is 77.2 Å². The monoisotopic (exact) mass is 786 g/mol. The van der Waals surface area contributed by atoms with Crippen LogP contribution in [0.4, 0.5) is 28.8 Å². The highest BCUT2D eigenvalue weighted by Crippen LogP contribution is 2.48. The Bertz CT molecular complexity index is 2050. The molecule has 274 valence electrons. The first-order chi connectivity index (χ1) is 25.0. The molecule has 2 aliphatic heterocycles. The summed E-state index contributed by atoms with van der Waals surface area (Å²) >= 11 is 3.65. The summed E-state index contributed by atoms with van der Waals surface area (Å²) in [6.45, 7) is 12.7. The molecule has 0 bridgehead atoms. The number of nitrogens with zero attached hydrogens (tertiary/aromatic N) is 7. The number of fused-ring (bicyclic) bond motifs is 1. The third kappa shape index (κ3) is 7.63. The van der Waals surface area contributed by atoms with Crippen LogP contribution < -0.4 is 25.6 Å². The molecule has 52 heavy (non-hydrogen) atoms. The number of likely N-dealkylation sites (N-methyl/N-ethyl adjacent to an activating group) is 1. The zero-order chi connectivity index (χ0) is 36.6. The summed E-state index contributed by atoms with van der Waals surface area (Å²) in [6.07, 6.45) is 8.90. The van der Waals surface area contributed by atoms with Gasteiger partial charge in [-0.15, -0.1) is 0 Å². The zero-order valence-electron chi connectivity index (χ0n) is 31.0. The fourth-order valence-corrected chi connectivity index (χ4v) is 9.03. The Morgan fingerprint density at radius 2 is 1.73 bits per heavy atom. The van der Waals surface area contributed by atoms with Crippen LogP contribution >= 0.6 is 23.4 Å². The molecule has 0 saturated carbocycles. The van der Waals surface area contributed by atoms with E-state index in [4.69, 9.17) is 9.72 Å². The van der Waals surface area contributed by atoms with Crippen LogP contribution in [0.3, 0.4) is 0 Å². The van der Waals surface area contributed by atoms with Gasteiger partial charge in [0.2, 0.25) is 5.95 Å². The Balaban J connectivity index is 1.11. The van der Waals surface area contributed by atoms with E-state index < -0.39 is 7.49 Å². The number of hydrogen-bond donors (Lipinski definition) is 3. The number of aryl methyl sites for hydroxylation is 2. The highest BCUT2D eigenvalue weighted by molar-refractivity contribution is 9.10. The van der Waals surface area contributed by atoms with Crippen molar-refractivity contribution in [2.75, 3.05) is 82.3 Å². The van der Waals surface area contributed by atoms with Gasteiger partial charge in [0.05, 0.1) is 47.3 Å². The molecule has 2 saturated heterocycles. The van der Waals surface area contributed by atoms with E-state index in [2.05, 4.69) is 106 Å². The van der Waals surface area contributed by atoms with Gasteiger partial charge in [0, 0.05) is 88.3 Å². The lowest BCUT2D eigenvalue weighted by Gasteiger charge is -2.43. The molecule has 11 nitrogen and oxygen atoms in total. The quantitative estimate of drug-likeness (QED) is 0.130. The molecule has 3 N–H and O–H groups in total. The maximum atomic E-state index is 11.4. The Morgan fingerprint density at radius 3 is 2.44 bits per heavy atom. The average molecular weight is 788 g/mol. The van der Waals surface area contributed by atoms with E-state index in [-0.39, 0.29) is 0 Å². The molecule has 2 aromatic carbocycles. The second-order valence-electron chi connectivity index (χ2n) is 14.4. The molecule has 0 unspecified atom stereocenters. The number of hydrogen-bond acceptors (Lipinski definition) is 10. The van der Waals surface area contributed by atoms with E-state index in [0.29, 0.717) is 22.3 Å². The maximum Gasteiger partial charge on any atom is 0.229 e. The molecular weight excluding hydrogens is 737 g/mol. The predicted octanol–water partition coefficient (Wildman–Crippen LogP) is 6.88. The van der Waals surface area contributed by atoms with Crippen LogP contribution in [0.5, 0.6) is 5.75 Å². The fourth-order valence-electron chi connectivity index (χ4n) is 7.56. The number of pyridine rings is 1. The number of anilines is 5. The minimum Gasteiger partial charge on any atom is -0.494 e. The van der Waals surface area contributed by atoms with Crippen molar-refractivity contribution in [1.29, 1.82) is 0 Å². The largest absolute Gasteiger partial charge is 0.494 e. The molecule has 7 rings (SSSR count). The summed E-state index contributed by atoms with van der Waals surface area (Å²) in [4.78, 5) is 33.2. The Hall–Kier alpha value is -3.80. The topological polar surface area (TPSA) is 107 Å². The summed E-state index contributed by atoms with van der Waals surface area (Å²) in [7, 11) is 3.49. The molecule has 13 heteroatoms. The number of nitrogens with one attached hydrogen (secondary N) is 2. The van der Waals surface area contributed by atoms with Gasteiger partial charge in [0.1, 0.15) is 11.1 Å². The van der Waals surface area contributed by atoms with Gasteiger partial charge < -0.3 is 29.7 Å². The molecule has 0 spiro atoms. The smallest absolute Gasteiger partial charge is 0.229 e. The number of piperidine rings is 1. The fraction of sp³-hybridized carbons (Fsp3) is 0.410. The molecule has 0 amide bonds. The van der Waals surface area contributed by atoms with Crippen LogP contribution in [0.25, 0.3) is 22.2 Å². The van der Waals surface area contributed by atoms with Crippen LogP contribution in [0.1, 0.15) is 25.3 Å². The lowest BCUT2D eigenvalue weighted by molar-refractivity contribution is 0.0982. The van der Waals surface area contributed by atoms with Crippen LogP contribution in [0.15, 0.2) is 65.5 Å². The normalized spacial score (nSPS) is 16.4. The second kappa shape index (κ2) is 15.3. The molecular formula is C39H50BrN9O2P+. The van der Waals surface area contributed by atoms with E-state index in [9.17, 15) is 4.89 Å². The van der Waals surface area contributed by atoms with E-state index in [1.807, 2.05) is 38.7 Å². The number of halogens is 1. The third-order valence-electron chi connectivity index (χ3n) is 10.5. The van der Waals surface area contributed by atoms with Gasteiger partial charge in [-0.2, -0.15) is 4.98 Å². The zero-order valence-corrected chi connectivity index (χ0v) is 33.5. The average Bonchev–Trinajstić information content (AvgIpc) is 3.49. The van der Waals surface area contributed by atoms with Gasteiger partial charge in [-0.1, -0.05) is 13.0 Å². The Morgan fingerprint density at radius 1 is 0.962 bits per heavy atom. The maximum absolute atomic E-state index is 11.4. The first-order valence-electron chi connectivity index (χ1n) is 18.1. The van der Waals surface area contributed by atoms with Crippen molar-refractivity contribution in [3.05, 3.63) is 71.1 Å². The predicted molar refractivity (Wildman–Crippen MR) is 220 cm³/mol. The van der Waals surface area contributed by atoms with Gasteiger partial charge in [-0.3, -0.25) is 9.88 Å². The number of benzene rings is 2.